The molecule has 1 aromatic heterocycles. The van der Waals surface area contributed by atoms with Crippen molar-refractivity contribution in [3.63, 3.8) is 0 Å². The van der Waals surface area contributed by atoms with Crippen LogP contribution in [-0.4, -0.2) is 23.5 Å². The minimum Gasteiger partial charge on any atom is -0.408 e. The summed E-state index contributed by atoms with van der Waals surface area (Å²) in [7, 11) is -1.10. The number of halogens is 1. The van der Waals surface area contributed by atoms with Crippen LogP contribution in [-0.2, 0) is 4.57 Å². The molecule has 2 unspecified atom stereocenters. The molecule has 0 aliphatic carbocycles. The Labute approximate surface area is 106 Å². The van der Waals surface area contributed by atoms with Gasteiger partial charge in [0.15, 0.2) is 0 Å². The molecule has 1 aromatic rings. The number of aromatic nitrogens is 1. The Morgan fingerprint density at radius 1 is 1.65 bits per heavy atom. The van der Waals surface area contributed by atoms with Crippen molar-refractivity contribution in [1.82, 2.24) is 4.98 Å². The second-order valence-corrected chi connectivity index (χ2v) is 4.48. The Hall–Kier alpha value is -0.810. The van der Waals surface area contributed by atoms with Crippen LogP contribution in [0.2, 0.25) is 0 Å². The van der Waals surface area contributed by atoms with E-state index in [9.17, 15) is 4.57 Å². The van der Waals surface area contributed by atoms with Crippen molar-refractivity contribution in [2.24, 2.45) is 5.73 Å². The summed E-state index contributed by atoms with van der Waals surface area (Å²) in [5.74, 6) is 0.880. The molecular formula is C9H15ClN3O3P. The third kappa shape index (κ3) is 3.10. The molecule has 0 amide bonds. The molecule has 0 radical (unpaired) electrons. The molecule has 0 spiro atoms. The van der Waals surface area contributed by atoms with E-state index in [1.54, 1.807) is 12.1 Å². The van der Waals surface area contributed by atoms with Gasteiger partial charge in [-0.25, -0.2) is 4.57 Å². The summed E-state index contributed by atoms with van der Waals surface area (Å²) >= 11 is 0. The first-order valence-corrected chi connectivity index (χ1v) is 6.22. The summed E-state index contributed by atoms with van der Waals surface area (Å²) < 4.78 is 15.3. The van der Waals surface area contributed by atoms with Crippen LogP contribution in [0.5, 0.6) is 5.88 Å². The fraction of sp³-hybridized carbons (Fsp3) is 0.444. The van der Waals surface area contributed by atoms with Gasteiger partial charge in [-0.2, -0.15) is 4.98 Å². The van der Waals surface area contributed by atoms with E-state index in [0.717, 1.165) is 24.3 Å². The fourth-order valence-electron chi connectivity index (χ4n) is 1.78. The van der Waals surface area contributed by atoms with Gasteiger partial charge in [0.05, 0.1) is 0 Å². The molecule has 1 aliphatic rings. The van der Waals surface area contributed by atoms with Gasteiger partial charge < -0.3 is 20.1 Å². The summed E-state index contributed by atoms with van der Waals surface area (Å²) in [6, 6.07) is 3.33. The average Bonchev–Trinajstić information content (AvgIpc) is 2.23. The summed E-state index contributed by atoms with van der Waals surface area (Å²) in [5.41, 5.74) is 6.89. The lowest BCUT2D eigenvalue weighted by molar-refractivity contribution is 0.403. The van der Waals surface area contributed by atoms with Crippen molar-refractivity contribution < 1.29 is 14.0 Å². The summed E-state index contributed by atoms with van der Waals surface area (Å²) in [6.45, 7) is 0.818. The molecule has 0 saturated heterocycles. The lowest BCUT2D eigenvalue weighted by atomic mass is 10.0. The molecule has 0 saturated carbocycles. The lowest BCUT2D eigenvalue weighted by Gasteiger charge is -2.30. The number of rotatable bonds is 2. The third-order valence-electron chi connectivity index (χ3n) is 2.61. The first-order chi connectivity index (χ1) is 7.58. The van der Waals surface area contributed by atoms with Crippen molar-refractivity contribution in [1.29, 1.82) is 0 Å². The van der Waals surface area contributed by atoms with Gasteiger partial charge in [0, 0.05) is 31.3 Å². The van der Waals surface area contributed by atoms with E-state index in [0.29, 0.717) is 0 Å². The van der Waals surface area contributed by atoms with Crippen LogP contribution in [0.25, 0.3) is 0 Å². The van der Waals surface area contributed by atoms with Gasteiger partial charge in [0.25, 0.3) is 0 Å². The number of hydrogen-bond donors (Lipinski definition) is 2. The number of fused-ring (bicyclic) bond motifs is 1. The van der Waals surface area contributed by atoms with Crippen LogP contribution in [0.1, 0.15) is 18.0 Å². The van der Waals surface area contributed by atoms with E-state index in [-0.39, 0.29) is 24.3 Å². The largest absolute Gasteiger partial charge is 0.408 e. The van der Waals surface area contributed by atoms with E-state index in [1.807, 2.05) is 11.9 Å². The zero-order chi connectivity index (χ0) is 11.7. The van der Waals surface area contributed by atoms with Crippen LogP contribution in [0.3, 0.4) is 0 Å². The third-order valence-corrected chi connectivity index (χ3v) is 2.99. The highest BCUT2D eigenvalue weighted by atomic mass is 35.5. The highest BCUT2D eigenvalue weighted by Gasteiger charge is 2.22. The van der Waals surface area contributed by atoms with Crippen molar-refractivity contribution in [2.45, 2.75) is 12.5 Å². The van der Waals surface area contributed by atoms with Crippen LogP contribution >= 0.6 is 20.7 Å². The Morgan fingerprint density at radius 3 is 3.00 bits per heavy atom. The summed E-state index contributed by atoms with van der Waals surface area (Å²) in [5, 5.41) is 0. The average molecular weight is 280 g/mol. The van der Waals surface area contributed by atoms with Crippen molar-refractivity contribution in [3.8, 4) is 5.88 Å². The van der Waals surface area contributed by atoms with Gasteiger partial charge in [0.1, 0.15) is 5.82 Å². The lowest BCUT2D eigenvalue weighted by Crippen LogP contribution is -2.31. The smallest absolute Gasteiger partial charge is 0.366 e. The zero-order valence-electron chi connectivity index (χ0n) is 9.29. The number of anilines is 1. The van der Waals surface area contributed by atoms with Crippen LogP contribution in [0.15, 0.2) is 12.1 Å². The van der Waals surface area contributed by atoms with Gasteiger partial charge in [-0.3, -0.25) is 0 Å². The molecule has 0 aromatic carbocycles. The van der Waals surface area contributed by atoms with E-state index < -0.39 is 8.25 Å². The standard InChI is InChI=1S/C9H14N3O3P.ClH/c1-12-5-4-7(10)6-2-3-8(11-9(6)12)15-16(13)14;/h2-3,7,16H,4-5,10H2,1H3,(H,13,14);1H. The summed E-state index contributed by atoms with van der Waals surface area (Å²) in [6.07, 6.45) is 0.877. The first kappa shape index (κ1) is 14.3. The second-order valence-electron chi connectivity index (χ2n) is 3.75. The predicted octanol–water partition coefficient (Wildman–Crippen LogP) is 1.10. The maximum absolute atomic E-state index is 10.6. The number of nitrogens with zero attached hydrogens (tertiary/aromatic N) is 2. The number of pyridine rings is 1. The van der Waals surface area contributed by atoms with Gasteiger partial charge in [-0.1, -0.05) is 0 Å². The highest BCUT2D eigenvalue weighted by molar-refractivity contribution is 7.32. The Kier molecular flexibility index (Phi) is 4.77. The van der Waals surface area contributed by atoms with E-state index >= 15 is 0 Å². The van der Waals surface area contributed by atoms with Gasteiger partial charge >= 0.3 is 8.25 Å². The topological polar surface area (TPSA) is 88.7 Å². The van der Waals surface area contributed by atoms with E-state index in [1.165, 1.54) is 0 Å². The fourth-order valence-corrected chi connectivity index (χ4v) is 2.07. The molecule has 1 aliphatic heterocycles. The van der Waals surface area contributed by atoms with Crippen LogP contribution in [0.4, 0.5) is 5.82 Å². The van der Waals surface area contributed by atoms with Crippen molar-refractivity contribution in [2.75, 3.05) is 18.5 Å². The molecule has 3 N–H and O–H groups in total. The Balaban J connectivity index is 0.00000144. The number of hydrogen-bond acceptors (Lipinski definition) is 5. The van der Waals surface area contributed by atoms with Gasteiger partial charge in [0.2, 0.25) is 5.88 Å². The minimum absolute atomic E-state index is 0. The highest BCUT2D eigenvalue weighted by Crippen LogP contribution is 2.32. The maximum atomic E-state index is 10.6. The molecule has 0 bridgehead atoms. The Morgan fingerprint density at radius 2 is 2.35 bits per heavy atom. The van der Waals surface area contributed by atoms with Crippen molar-refractivity contribution in [3.05, 3.63) is 17.7 Å². The SMILES string of the molecule is CN1CCC(N)c2ccc(O[PH](=O)O)nc21.Cl. The second kappa shape index (κ2) is 5.69. The van der Waals surface area contributed by atoms with Gasteiger partial charge in [-0.15, -0.1) is 12.4 Å². The minimum atomic E-state index is -3.01. The number of nitrogens with two attached hydrogens (primary N) is 1. The van der Waals surface area contributed by atoms with E-state index in [4.69, 9.17) is 10.6 Å². The Bertz CT molecular complexity index is 432. The van der Waals surface area contributed by atoms with E-state index in [2.05, 4.69) is 9.51 Å². The summed E-state index contributed by atoms with van der Waals surface area (Å²) in [4.78, 5) is 14.8. The molecule has 2 atom stereocenters. The molecule has 17 heavy (non-hydrogen) atoms. The maximum Gasteiger partial charge on any atom is 0.366 e. The molecular weight excluding hydrogens is 265 g/mol. The molecule has 2 rings (SSSR count). The predicted molar refractivity (Wildman–Crippen MR) is 68.1 cm³/mol. The van der Waals surface area contributed by atoms with Gasteiger partial charge in [-0.05, 0) is 12.5 Å². The first-order valence-electron chi connectivity index (χ1n) is 4.96. The zero-order valence-corrected chi connectivity index (χ0v) is 11.1. The normalized spacial score (nSPS) is 20.2. The monoisotopic (exact) mass is 279 g/mol. The molecule has 2 heterocycles. The van der Waals surface area contributed by atoms with Crippen molar-refractivity contribution >= 4 is 26.5 Å². The molecule has 96 valence electrons. The van der Waals surface area contributed by atoms with Crippen LogP contribution < -0.4 is 15.2 Å². The van der Waals surface area contributed by atoms with Crippen LogP contribution in [0, 0.1) is 0 Å². The molecule has 6 nitrogen and oxygen atoms in total. The molecule has 0 fully saturated rings. The quantitative estimate of drug-likeness (QED) is 0.788. The molecule has 8 heteroatoms.